The average molecular weight is 699 g/mol. The molecule has 2 aromatic rings. The second-order valence-electron chi connectivity index (χ2n) is 12.9. The largest absolute Gasteiger partial charge is 0.550 e. The van der Waals surface area contributed by atoms with E-state index in [0.717, 1.165) is 38.3 Å². The summed E-state index contributed by atoms with van der Waals surface area (Å²) in [5.74, 6) is -2.17. The number of amides is 2. The van der Waals surface area contributed by atoms with Crippen LogP contribution in [0.3, 0.4) is 0 Å². The minimum atomic E-state index is -1.08. The zero-order valence-corrected chi connectivity index (χ0v) is 31.5. The van der Waals surface area contributed by atoms with Gasteiger partial charge in [-0.3, -0.25) is 9.59 Å². The number of carbonyl (C=O) groups is 4. The van der Waals surface area contributed by atoms with E-state index in [1.807, 2.05) is 49.1 Å². The lowest BCUT2D eigenvalue weighted by Gasteiger charge is -2.06. The summed E-state index contributed by atoms with van der Waals surface area (Å²) in [4.78, 5) is 42.5. The predicted molar refractivity (Wildman–Crippen MR) is 196 cm³/mol. The highest BCUT2D eigenvalue weighted by Gasteiger charge is 2.08. The highest BCUT2D eigenvalue weighted by atomic mass is 16.4. The lowest BCUT2D eigenvalue weighted by molar-refractivity contribution is -0.697. The van der Waals surface area contributed by atoms with E-state index < -0.39 is 11.9 Å². The van der Waals surface area contributed by atoms with Crippen LogP contribution in [0.2, 0.25) is 0 Å². The van der Waals surface area contributed by atoms with Crippen molar-refractivity contribution in [1.82, 2.24) is 0 Å². The minimum absolute atomic E-state index is 0.000313. The number of aliphatic carboxylic acids is 2. The molecule has 0 aliphatic rings. The third-order valence-electron chi connectivity index (χ3n) is 7.95. The van der Waals surface area contributed by atoms with Gasteiger partial charge in [0.15, 0.2) is 24.8 Å². The molecule has 0 fully saturated rings. The molecule has 0 aliphatic heterocycles. The lowest BCUT2D eigenvalue weighted by Crippen LogP contribution is -2.32. The standard InChI is InChI=1S/C36H58N4O2.2C2H4O2/c1-3-5-7-9-11-13-15-19-27-39-29-23-33(24-30-39)37-35(41)21-17-18-22-36(42)38-34-25-31-40(32-26-34)28-20-16-14-12-10-8-6-4-2;2*1-2(3)4/h23-26,29-32H,3-22,27-28H2,1-2H3;2*1H3,(H,3,4). The van der Waals surface area contributed by atoms with Crippen LogP contribution in [0.15, 0.2) is 49.1 Å². The van der Waals surface area contributed by atoms with Crippen molar-refractivity contribution in [2.75, 3.05) is 10.6 Å². The van der Waals surface area contributed by atoms with E-state index in [-0.39, 0.29) is 11.8 Å². The van der Waals surface area contributed by atoms with Crippen LogP contribution < -0.4 is 30.0 Å². The molecule has 0 atom stereocenters. The first-order valence-electron chi connectivity index (χ1n) is 19.0. The van der Waals surface area contributed by atoms with Crippen molar-refractivity contribution >= 4 is 35.1 Å². The van der Waals surface area contributed by atoms with Crippen LogP contribution >= 0.6 is 0 Å². The molecule has 10 nitrogen and oxygen atoms in total. The van der Waals surface area contributed by atoms with Gasteiger partial charge in [-0.15, -0.1) is 0 Å². The van der Waals surface area contributed by atoms with Crippen LogP contribution in [0.4, 0.5) is 11.4 Å². The molecule has 2 N–H and O–H groups in total. The number of carboxylic acids is 2. The SMILES string of the molecule is CC(=O)[O-].CC(=O)[O-].CCCCCCCCCC[n+]1ccc(NC(=O)CCCCC(=O)Nc2cc[n+](CCCCCCCCCC)cc2)cc1. The Labute approximate surface area is 302 Å². The molecule has 0 radical (unpaired) electrons. The van der Waals surface area contributed by atoms with Crippen molar-refractivity contribution in [1.29, 1.82) is 0 Å². The van der Waals surface area contributed by atoms with Crippen LogP contribution in [0, 0.1) is 0 Å². The highest BCUT2D eigenvalue weighted by Crippen LogP contribution is 2.11. The van der Waals surface area contributed by atoms with Gasteiger partial charge in [-0.2, -0.15) is 0 Å². The number of nitrogens with one attached hydrogen (secondary N) is 2. The maximum absolute atomic E-state index is 12.3. The molecule has 0 saturated heterocycles. The van der Waals surface area contributed by atoms with Gasteiger partial charge in [0.25, 0.3) is 0 Å². The lowest BCUT2D eigenvalue weighted by atomic mass is 10.1. The fraction of sp³-hybridized carbons (Fsp3) is 0.650. The van der Waals surface area contributed by atoms with Crippen LogP contribution in [0.1, 0.15) is 156 Å². The Balaban J connectivity index is 0.00000270. The molecule has 2 rings (SSSR count). The van der Waals surface area contributed by atoms with Crippen molar-refractivity contribution in [3.8, 4) is 0 Å². The molecule has 10 heteroatoms. The van der Waals surface area contributed by atoms with Crippen LogP contribution in [-0.4, -0.2) is 23.8 Å². The number of carboxylic acid groups (broad SMARTS) is 2. The smallest absolute Gasteiger partial charge is 0.224 e. The maximum Gasteiger partial charge on any atom is 0.224 e. The third kappa shape index (κ3) is 31.4. The summed E-state index contributed by atoms with van der Waals surface area (Å²) in [6.07, 6.45) is 31.5. The summed E-state index contributed by atoms with van der Waals surface area (Å²) >= 11 is 0. The molecular formula is C40H66N4O6. The molecule has 2 aromatic heterocycles. The number of aromatic nitrogens is 2. The zero-order valence-electron chi connectivity index (χ0n) is 31.5. The van der Waals surface area contributed by atoms with Gasteiger partial charge in [0, 0.05) is 61.9 Å². The molecule has 0 bridgehead atoms. The normalized spacial score (nSPS) is 10.2. The minimum Gasteiger partial charge on any atom is -0.550 e. The van der Waals surface area contributed by atoms with E-state index >= 15 is 0 Å². The Morgan fingerprint density at radius 3 is 1.02 bits per heavy atom. The fourth-order valence-corrected chi connectivity index (χ4v) is 5.25. The quantitative estimate of drug-likeness (QED) is 0.0934. The number of nitrogens with zero attached hydrogens (tertiary/aromatic N) is 2. The molecule has 2 amide bonds. The molecule has 50 heavy (non-hydrogen) atoms. The Bertz CT molecular complexity index is 1060. The van der Waals surface area contributed by atoms with Gasteiger partial charge in [0.05, 0.1) is 11.4 Å². The number of unbranched alkanes of at least 4 members (excludes halogenated alkanes) is 15. The van der Waals surface area contributed by atoms with Crippen molar-refractivity contribution in [2.24, 2.45) is 0 Å². The number of hydrogen-bond donors (Lipinski definition) is 2. The van der Waals surface area contributed by atoms with Gasteiger partial charge in [0.2, 0.25) is 11.8 Å². The summed E-state index contributed by atoms with van der Waals surface area (Å²) in [5, 5.41) is 23.7. The van der Waals surface area contributed by atoms with Crippen molar-refractivity contribution in [3.63, 3.8) is 0 Å². The van der Waals surface area contributed by atoms with E-state index in [2.05, 4.69) is 33.6 Å². The zero-order chi connectivity index (χ0) is 37.2. The van der Waals surface area contributed by atoms with Crippen molar-refractivity contribution in [2.45, 2.75) is 169 Å². The van der Waals surface area contributed by atoms with Crippen LogP contribution in [0.25, 0.3) is 0 Å². The molecular weight excluding hydrogens is 632 g/mol. The highest BCUT2D eigenvalue weighted by molar-refractivity contribution is 5.91. The Morgan fingerprint density at radius 2 is 0.740 bits per heavy atom. The molecule has 2 heterocycles. The molecule has 0 aliphatic carbocycles. The first-order valence-corrected chi connectivity index (χ1v) is 19.0. The number of pyridine rings is 2. The monoisotopic (exact) mass is 698 g/mol. The van der Waals surface area contributed by atoms with Crippen molar-refractivity contribution < 1.29 is 38.5 Å². The summed E-state index contributed by atoms with van der Waals surface area (Å²) in [6, 6.07) is 7.87. The van der Waals surface area contributed by atoms with E-state index in [1.165, 1.54) is 103 Å². The van der Waals surface area contributed by atoms with Crippen molar-refractivity contribution in [3.05, 3.63) is 49.1 Å². The third-order valence-corrected chi connectivity index (χ3v) is 7.95. The summed E-state index contributed by atoms with van der Waals surface area (Å²) in [5.41, 5.74) is 1.65. The van der Waals surface area contributed by atoms with Crippen LogP contribution in [0.5, 0.6) is 0 Å². The summed E-state index contributed by atoms with van der Waals surface area (Å²) < 4.78 is 4.38. The maximum atomic E-state index is 12.3. The molecule has 282 valence electrons. The fourth-order valence-electron chi connectivity index (χ4n) is 5.25. The Kier molecular flexibility index (Phi) is 29.9. The topological polar surface area (TPSA) is 146 Å². The number of carbonyl (C=O) groups excluding carboxylic acids is 4. The molecule has 0 aromatic carbocycles. The first-order chi connectivity index (χ1) is 24.1. The summed E-state index contributed by atoms with van der Waals surface area (Å²) in [7, 11) is 0. The number of aryl methyl sites for hydroxylation is 2. The van der Waals surface area contributed by atoms with Gasteiger partial charge in [-0.05, 0) is 39.5 Å². The number of rotatable bonds is 25. The average Bonchev–Trinajstić information content (AvgIpc) is 3.06. The van der Waals surface area contributed by atoms with Gasteiger partial charge < -0.3 is 30.4 Å². The molecule has 0 saturated carbocycles. The second-order valence-corrected chi connectivity index (χ2v) is 12.9. The van der Waals surface area contributed by atoms with E-state index in [0.29, 0.717) is 25.7 Å². The summed E-state index contributed by atoms with van der Waals surface area (Å²) in [6.45, 7) is 8.51. The first kappa shape index (κ1) is 46.2. The molecule has 0 spiro atoms. The van der Waals surface area contributed by atoms with E-state index in [9.17, 15) is 9.59 Å². The number of anilines is 2. The van der Waals surface area contributed by atoms with Gasteiger partial charge in [-0.1, -0.05) is 90.9 Å². The van der Waals surface area contributed by atoms with E-state index in [1.54, 1.807) is 0 Å². The van der Waals surface area contributed by atoms with E-state index in [4.69, 9.17) is 19.8 Å². The Morgan fingerprint density at radius 1 is 0.480 bits per heavy atom. The van der Waals surface area contributed by atoms with Crippen LogP contribution in [-0.2, 0) is 32.3 Å². The predicted octanol–water partition coefficient (Wildman–Crippen LogP) is 6.19. The second kappa shape index (κ2) is 32.4. The Hall–Kier alpha value is -3.82. The van der Waals surface area contributed by atoms with Gasteiger partial charge in [0.1, 0.15) is 13.1 Å². The molecule has 0 unspecified atom stereocenters. The van der Waals surface area contributed by atoms with Gasteiger partial charge >= 0.3 is 0 Å². The number of hydrogen-bond acceptors (Lipinski definition) is 6. The van der Waals surface area contributed by atoms with Gasteiger partial charge in [-0.25, -0.2) is 9.13 Å².